The normalized spacial score (nSPS) is 15.0. The fourth-order valence-electron chi connectivity index (χ4n) is 3.67. The molecule has 0 aliphatic carbocycles. The second-order valence-corrected chi connectivity index (χ2v) is 13.8. The molecule has 0 rings (SSSR count). The first-order chi connectivity index (χ1) is 21.9. The minimum atomic E-state index is -6.04. The van der Waals surface area contributed by atoms with Crippen LogP contribution in [0.1, 0.15) is 6.42 Å². The third kappa shape index (κ3) is 17.1. The fourth-order valence-corrected chi connectivity index (χ4v) is 5.94. The van der Waals surface area contributed by atoms with Crippen LogP contribution in [0.25, 0.3) is 0 Å². The van der Waals surface area contributed by atoms with Crippen molar-refractivity contribution in [2.75, 3.05) is 52.4 Å². The average molecular weight is 739 g/mol. The number of aliphatic carboxylic acids is 2. The van der Waals surface area contributed by atoms with Crippen molar-refractivity contribution in [2.24, 2.45) is 0 Å². The number of rotatable bonds is 23. The number of amides is 4. The lowest BCUT2D eigenvalue weighted by Crippen LogP contribution is -2.55. The lowest BCUT2D eigenvalue weighted by molar-refractivity contribution is -0.429. The van der Waals surface area contributed by atoms with Crippen LogP contribution in [0.15, 0.2) is 0 Å². The van der Waals surface area contributed by atoms with Crippen LogP contribution in [-0.4, -0.2) is 185 Å². The fraction of sp³-hybridized carbons (Fsp3) is 0.667. The van der Waals surface area contributed by atoms with E-state index in [0.717, 1.165) is 4.90 Å². The summed E-state index contributed by atoms with van der Waals surface area (Å²) in [5.41, 5.74) is 0. The molecule has 1 unspecified atom stereocenters. The first kappa shape index (κ1) is 44.5. The Balaban J connectivity index is 5.48. The number of carboxylic acid groups (broad SMARTS) is 4. The number of nitrogens with one attached hydrogen (secondary N) is 2. The summed E-state index contributed by atoms with van der Waals surface area (Å²) in [6, 6.07) is -2.14. The Labute approximate surface area is 271 Å². The van der Waals surface area contributed by atoms with Crippen LogP contribution in [-0.2, 0) is 24.0 Å². The standard InChI is InChI=1S/C21H37N5O20P2/c27-10-11(23-13(29)5-17(47(41,42)43)48(44,45)46)18(35)19(36)12(28)6-22-14(30)7-24(1-3-25(20(37)38)8-15(31)32)2-4-26(21(39)40)9-16(33)34/h10-12,17-19,28,35-36H,1-9H2,(H,22,30)(H,23,29)(H,31,32)(H,33,34)(H,37,38)(H,39,40)(H2,41,42,43)(H2,44,45,46)/p-2/t11-,12+,18+,19+/m0/s1. The van der Waals surface area contributed by atoms with Gasteiger partial charge in [0.25, 0.3) is 7.94 Å². The number of carbonyl (C=O) groups is 7. The molecule has 0 heterocycles. The molecule has 0 bridgehead atoms. The van der Waals surface area contributed by atoms with Crippen molar-refractivity contribution in [1.82, 2.24) is 25.3 Å². The minimum absolute atomic E-state index is 0.217. The molecule has 0 aromatic rings. The number of hydrogen-bond acceptors (Lipinski definition) is 17. The Bertz CT molecular complexity index is 1080. The van der Waals surface area contributed by atoms with Crippen LogP contribution in [0.4, 0.5) is 9.59 Å². The summed E-state index contributed by atoms with van der Waals surface area (Å²) in [5, 5.41) is 67.5. The third-order valence-electron chi connectivity index (χ3n) is 6.15. The maximum absolute atomic E-state index is 12.6. The zero-order valence-electron chi connectivity index (χ0n) is 24.6. The highest BCUT2D eigenvalue weighted by Gasteiger charge is 2.43. The molecule has 0 radical (unpaired) electrons. The first-order valence-corrected chi connectivity index (χ1v) is 16.4. The zero-order valence-corrected chi connectivity index (χ0v) is 26.4. The van der Waals surface area contributed by atoms with Gasteiger partial charge in [0.2, 0.25) is 17.2 Å². The van der Waals surface area contributed by atoms with Crippen LogP contribution in [0, 0.1) is 0 Å². The van der Waals surface area contributed by atoms with Crippen molar-refractivity contribution >= 4 is 58.1 Å². The van der Waals surface area contributed by atoms with Crippen molar-refractivity contribution in [3.05, 3.63) is 0 Å². The molecule has 276 valence electrons. The van der Waals surface area contributed by atoms with Gasteiger partial charge in [0.15, 0.2) is 0 Å². The van der Waals surface area contributed by atoms with Crippen LogP contribution in [0.3, 0.4) is 0 Å². The van der Waals surface area contributed by atoms with Gasteiger partial charge in [0.1, 0.15) is 44.0 Å². The molecule has 48 heavy (non-hydrogen) atoms. The van der Waals surface area contributed by atoms with E-state index < -0.39 is 140 Å². The number of aldehydes is 1. The molecule has 11 N–H and O–H groups in total. The van der Waals surface area contributed by atoms with Gasteiger partial charge < -0.3 is 70.7 Å². The molecular formula is C21H35N5O20P2-2. The van der Waals surface area contributed by atoms with Gasteiger partial charge in [0.05, 0.1) is 12.6 Å². The van der Waals surface area contributed by atoms with Crippen molar-refractivity contribution in [1.29, 1.82) is 0 Å². The van der Waals surface area contributed by atoms with Gasteiger partial charge in [-0.15, -0.1) is 7.94 Å². The highest BCUT2D eigenvalue weighted by atomic mass is 31.3. The van der Waals surface area contributed by atoms with Crippen LogP contribution >= 0.6 is 15.9 Å². The van der Waals surface area contributed by atoms with Crippen molar-refractivity contribution in [3.63, 3.8) is 0 Å². The Hall–Kier alpha value is -3.45. The van der Waals surface area contributed by atoms with E-state index in [9.17, 15) is 78.7 Å². The van der Waals surface area contributed by atoms with Crippen LogP contribution in [0.2, 0.25) is 0 Å². The second-order valence-electron chi connectivity index (χ2n) is 9.87. The quantitative estimate of drug-likeness (QED) is 0.0342. The van der Waals surface area contributed by atoms with E-state index in [-0.39, 0.29) is 6.29 Å². The summed E-state index contributed by atoms with van der Waals surface area (Å²) < 4.78 is 0. The molecule has 0 aliphatic heterocycles. The minimum Gasteiger partial charge on any atom is -0.685 e. The van der Waals surface area contributed by atoms with Crippen LogP contribution in [0.5, 0.6) is 0 Å². The van der Waals surface area contributed by atoms with Gasteiger partial charge in [0, 0.05) is 32.7 Å². The molecule has 25 nitrogen and oxygen atoms in total. The molecule has 0 spiro atoms. The maximum atomic E-state index is 12.6. The molecule has 0 saturated heterocycles. The Morgan fingerprint density at radius 2 is 1.17 bits per heavy atom. The average Bonchev–Trinajstić information content (AvgIpc) is 2.94. The molecule has 0 aromatic carbocycles. The molecule has 0 fully saturated rings. The lowest BCUT2D eigenvalue weighted by Gasteiger charge is -2.48. The molecule has 4 amide bonds. The Morgan fingerprint density at radius 3 is 1.52 bits per heavy atom. The number of aliphatic hydroxyl groups excluding tert-OH is 3. The van der Waals surface area contributed by atoms with Crippen molar-refractivity contribution in [2.45, 2.75) is 36.2 Å². The number of nitrogens with zero attached hydrogens (tertiary/aromatic N) is 3. The predicted molar refractivity (Wildman–Crippen MR) is 147 cm³/mol. The van der Waals surface area contributed by atoms with Gasteiger partial charge in [-0.05, 0) is 0 Å². The monoisotopic (exact) mass is 739 g/mol. The Kier molecular flexibility index (Phi) is 18.7. The summed E-state index contributed by atoms with van der Waals surface area (Å²) in [7, 11) is -11.7. The van der Waals surface area contributed by atoms with E-state index in [1.165, 1.54) is 0 Å². The summed E-state index contributed by atoms with van der Waals surface area (Å²) >= 11 is 0. The summed E-state index contributed by atoms with van der Waals surface area (Å²) in [4.78, 5) is 145. The number of carboxylic acids is 2. The summed E-state index contributed by atoms with van der Waals surface area (Å²) in [5.74, 6) is -5.67. The third-order valence-corrected chi connectivity index (χ3v) is 9.77. The summed E-state index contributed by atoms with van der Waals surface area (Å²) in [6.07, 6.45) is -12.0. The van der Waals surface area contributed by atoms with Crippen molar-refractivity contribution < 1.29 is 98.7 Å². The lowest BCUT2D eigenvalue weighted by atomic mass is 10.0. The Morgan fingerprint density at radius 1 is 0.708 bits per heavy atom. The van der Waals surface area contributed by atoms with Gasteiger partial charge in [-0.25, -0.2) is 19.4 Å². The first-order valence-electron chi connectivity index (χ1n) is 13.1. The molecule has 27 heteroatoms. The van der Waals surface area contributed by atoms with Gasteiger partial charge in [-0.1, -0.05) is 0 Å². The smallest absolute Gasteiger partial charge is 0.407 e. The van der Waals surface area contributed by atoms with E-state index in [4.69, 9.17) is 20.0 Å². The highest BCUT2D eigenvalue weighted by Crippen LogP contribution is 2.61. The van der Waals surface area contributed by atoms with E-state index in [1.807, 2.05) is 0 Å². The largest absolute Gasteiger partial charge is 0.685 e. The van der Waals surface area contributed by atoms with Gasteiger partial charge in [-0.3, -0.25) is 33.9 Å². The second kappa shape index (κ2) is 20.2. The predicted octanol–water partition coefficient (Wildman–Crippen LogP) is -9.03. The SMILES string of the molecule is O=C[C@H](NC(=O)CC([P+]([O-])([O-])[O-])[P+]([O-])(O)O)[C@@H](O)[C@H](O)[C@H](O)CNC(=O)CN(CCN(CC(=O)O)C(=O)O)CCN(CC(=O)O)C(=O)O. The highest BCUT2D eigenvalue weighted by molar-refractivity contribution is 7.74. The molecule has 0 saturated carbocycles. The molecule has 0 aromatic heterocycles. The van der Waals surface area contributed by atoms with E-state index in [2.05, 4.69) is 5.32 Å². The molecule has 5 atom stereocenters. The van der Waals surface area contributed by atoms with Crippen molar-refractivity contribution in [3.8, 4) is 0 Å². The summed E-state index contributed by atoms with van der Waals surface area (Å²) in [6.45, 7) is -5.36. The van der Waals surface area contributed by atoms with Crippen LogP contribution < -0.4 is 30.2 Å². The van der Waals surface area contributed by atoms with Gasteiger partial charge in [-0.2, -0.15) is 0 Å². The maximum Gasteiger partial charge on any atom is 0.407 e. The van der Waals surface area contributed by atoms with E-state index >= 15 is 0 Å². The van der Waals surface area contributed by atoms with Gasteiger partial charge >= 0.3 is 24.1 Å². The number of aliphatic hydroxyl groups is 3. The zero-order chi connectivity index (χ0) is 37.6. The van der Waals surface area contributed by atoms with E-state index in [0.29, 0.717) is 9.80 Å². The molecule has 0 aliphatic rings. The molecular weight excluding hydrogens is 704 g/mol. The van der Waals surface area contributed by atoms with E-state index in [1.54, 1.807) is 5.32 Å². The topological polar surface area (TPSA) is 428 Å². The number of carbonyl (C=O) groups excluding carboxylic acids is 3. The number of hydrogen-bond donors (Lipinski definition) is 11.